The highest BCUT2D eigenvalue weighted by atomic mass is 16.1. The van der Waals surface area contributed by atoms with Crippen molar-refractivity contribution >= 4 is 5.82 Å². The lowest BCUT2D eigenvalue weighted by Gasteiger charge is -2.08. The molecule has 23 heavy (non-hydrogen) atoms. The Morgan fingerprint density at radius 2 is 2.13 bits per heavy atom. The molecule has 3 N–H and O–H groups in total. The van der Waals surface area contributed by atoms with E-state index in [-0.39, 0.29) is 5.69 Å². The van der Waals surface area contributed by atoms with Gasteiger partial charge in [-0.05, 0) is 25.5 Å². The van der Waals surface area contributed by atoms with Crippen LogP contribution in [0, 0.1) is 6.92 Å². The summed E-state index contributed by atoms with van der Waals surface area (Å²) in [5, 5.41) is 9.49. The number of pyridine rings is 1. The van der Waals surface area contributed by atoms with Gasteiger partial charge in [-0.3, -0.25) is 9.97 Å². The van der Waals surface area contributed by atoms with E-state index in [1.54, 1.807) is 6.20 Å². The number of anilines is 1. The maximum atomic E-state index is 10.9. The van der Waals surface area contributed by atoms with Crippen molar-refractivity contribution in [2.24, 2.45) is 0 Å². The zero-order chi connectivity index (χ0) is 16.1. The van der Waals surface area contributed by atoms with E-state index < -0.39 is 0 Å². The Labute approximate surface area is 132 Å². The summed E-state index contributed by atoms with van der Waals surface area (Å²) in [7, 11) is 0. The normalized spacial score (nSPS) is 10.7. The molecule has 3 rings (SSSR count). The fourth-order valence-corrected chi connectivity index (χ4v) is 2.20. The molecule has 0 atom stereocenters. The summed E-state index contributed by atoms with van der Waals surface area (Å²) >= 11 is 0. The molecule has 0 aromatic carbocycles. The van der Waals surface area contributed by atoms with Gasteiger partial charge in [-0.1, -0.05) is 6.07 Å². The van der Waals surface area contributed by atoms with Gasteiger partial charge in [0, 0.05) is 25.2 Å². The smallest absolute Gasteiger partial charge is 0.340 e. The quantitative estimate of drug-likeness (QED) is 0.592. The first-order valence-electron chi connectivity index (χ1n) is 7.35. The second-order valence-corrected chi connectivity index (χ2v) is 5.06. The molecule has 0 unspecified atom stereocenters. The summed E-state index contributed by atoms with van der Waals surface area (Å²) in [5.41, 5.74) is 1.33. The van der Waals surface area contributed by atoms with Crippen LogP contribution >= 0.6 is 0 Å². The number of nitrogens with one attached hydrogen (secondary N) is 3. The molecule has 0 saturated carbocycles. The molecule has 0 aliphatic heterocycles. The fourth-order valence-electron chi connectivity index (χ4n) is 2.20. The molecule has 8 nitrogen and oxygen atoms in total. The van der Waals surface area contributed by atoms with E-state index in [1.165, 1.54) is 0 Å². The molecule has 0 radical (unpaired) electrons. The van der Waals surface area contributed by atoms with Crippen LogP contribution in [0.15, 0.2) is 35.3 Å². The van der Waals surface area contributed by atoms with E-state index in [2.05, 4.69) is 35.5 Å². The number of nitrogens with zero attached hydrogens (tertiary/aromatic N) is 4. The van der Waals surface area contributed by atoms with Gasteiger partial charge in [0.2, 0.25) is 0 Å². The molecule has 0 saturated heterocycles. The SMILES string of the molecule is Cc1nc(NCCCc2n[nH]c(=O)[nH]2)cc(-c2ccccn2)n1. The maximum absolute atomic E-state index is 10.9. The van der Waals surface area contributed by atoms with Crippen molar-refractivity contribution in [2.75, 3.05) is 11.9 Å². The van der Waals surface area contributed by atoms with Crippen LogP contribution in [-0.2, 0) is 6.42 Å². The lowest BCUT2D eigenvalue weighted by Crippen LogP contribution is -2.07. The van der Waals surface area contributed by atoms with Crippen molar-refractivity contribution in [1.82, 2.24) is 30.1 Å². The molecule has 3 heterocycles. The highest BCUT2D eigenvalue weighted by molar-refractivity contribution is 5.58. The van der Waals surface area contributed by atoms with E-state index in [4.69, 9.17) is 0 Å². The van der Waals surface area contributed by atoms with Gasteiger partial charge < -0.3 is 5.32 Å². The van der Waals surface area contributed by atoms with Crippen LogP contribution in [0.2, 0.25) is 0 Å². The van der Waals surface area contributed by atoms with Crippen LogP contribution in [0.3, 0.4) is 0 Å². The van der Waals surface area contributed by atoms with Crippen molar-refractivity contribution in [1.29, 1.82) is 0 Å². The predicted octanol–water partition coefficient (Wildman–Crippen LogP) is 1.30. The first kappa shape index (κ1) is 14.9. The summed E-state index contributed by atoms with van der Waals surface area (Å²) < 4.78 is 0. The minimum absolute atomic E-state index is 0.278. The molecule has 0 aliphatic rings. The van der Waals surface area contributed by atoms with Gasteiger partial charge in [-0.15, -0.1) is 0 Å². The van der Waals surface area contributed by atoms with Crippen LogP contribution in [0.25, 0.3) is 11.4 Å². The highest BCUT2D eigenvalue weighted by Gasteiger charge is 2.05. The summed E-state index contributed by atoms with van der Waals surface area (Å²) in [6.45, 7) is 2.57. The number of hydrogen-bond donors (Lipinski definition) is 3. The number of aromatic nitrogens is 6. The Hall–Kier alpha value is -3.03. The number of H-pyrrole nitrogens is 2. The van der Waals surface area contributed by atoms with E-state index in [1.807, 2.05) is 31.2 Å². The molecule has 0 amide bonds. The van der Waals surface area contributed by atoms with E-state index in [9.17, 15) is 4.79 Å². The highest BCUT2D eigenvalue weighted by Crippen LogP contribution is 2.17. The molecule has 0 bridgehead atoms. The number of aryl methyl sites for hydroxylation is 2. The standard InChI is InChI=1S/C15H17N7O/c1-10-18-12(11-5-2-3-7-16-11)9-14(19-10)17-8-4-6-13-20-15(23)22-21-13/h2-3,5,7,9H,4,6,8H2,1H3,(H,17,18,19)(H2,20,21,22,23). The van der Waals surface area contributed by atoms with Gasteiger partial charge in [0.05, 0.1) is 11.4 Å². The average molecular weight is 311 g/mol. The molecule has 8 heteroatoms. The fraction of sp³-hybridized carbons (Fsp3) is 0.267. The Morgan fingerprint density at radius 3 is 2.87 bits per heavy atom. The Balaban J connectivity index is 1.61. The van der Waals surface area contributed by atoms with Crippen LogP contribution in [0.4, 0.5) is 5.82 Å². The third kappa shape index (κ3) is 4.00. The first-order chi connectivity index (χ1) is 11.2. The molecular formula is C15H17N7O. The molecule has 118 valence electrons. The van der Waals surface area contributed by atoms with Crippen LogP contribution in [0.5, 0.6) is 0 Å². The number of hydrogen-bond acceptors (Lipinski definition) is 6. The summed E-state index contributed by atoms with van der Waals surface area (Å²) in [4.78, 5) is 26.7. The van der Waals surface area contributed by atoms with Gasteiger partial charge in [-0.25, -0.2) is 19.9 Å². The van der Waals surface area contributed by atoms with E-state index >= 15 is 0 Å². The van der Waals surface area contributed by atoms with Crippen LogP contribution in [-0.4, -0.2) is 36.7 Å². The van der Waals surface area contributed by atoms with Crippen molar-refractivity contribution in [3.63, 3.8) is 0 Å². The second kappa shape index (κ2) is 6.82. The van der Waals surface area contributed by atoms with Crippen molar-refractivity contribution in [2.45, 2.75) is 19.8 Å². The predicted molar refractivity (Wildman–Crippen MR) is 86.0 cm³/mol. The molecule has 0 fully saturated rings. The lowest BCUT2D eigenvalue weighted by molar-refractivity contribution is 0.802. The second-order valence-electron chi connectivity index (χ2n) is 5.06. The largest absolute Gasteiger partial charge is 0.370 e. The van der Waals surface area contributed by atoms with E-state index in [0.29, 0.717) is 24.6 Å². The minimum atomic E-state index is -0.278. The molecular weight excluding hydrogens is 294 g/mol. The van der Waals surface area contributed by atoms with Gasteiger partial charge in [0.1, 0.15) is 17.5 Å². The van der Waals surface area contributed by atoms with E-state index in [0.717, 1.165) is 23.6 Å². The van der Waals surface area contributed by atoms with Gasteiger partial charge >= 0.3 is 5.69 Å². The topological polar surface area (TPSA) is 112 Å². The Morgan fingerprint density at radius 1 is 1.22 bits per heavy atom. The average Bonchev–Trinajstić information content (AvgIpc) is 2.97. The zero-order valence-electron chi connectivity index (χ0n) is 12.7. The summed E-state index contributed by atoms with van der Waals surface area (Å²) in [5.74, 6) is 2.10. The summed E-state index contributed by atoms with van der Waals surface area (Å²) in [6.07, 6.45) is 3.25. The monoisotopic (exact) mass is 311 g/mol. The minimum Gasteiger partial charge on any atom is -0.370 e. The number of rotatable bonds is 6. The number of aromatic amines is 2. The Kier molecular flexibility index (Phi) is 4.41. The molecule has 3 aromatic rings. The zero-order valence-corrected chi connectivity index (χ0v) is 12.7. The van der Waals surface area contributed by atoms with Crippen LogP contribution < -0.4 is 11.0 Å². The molecule has 0 aliphatic carbocycles. The lowest BCUT2D eigenvalue weighted by atomic mass is 10.2. The molecule has 3 aromatic heterocycles. The van der Waals surface area contributed by atoms with Crippen molar-refractivity contribution < 1.29 is 0 Å². The third-order valence-corrected chi connectivity index (χ3v) is 3.21. The third-order valence-electron chi connectivity index (χ3n) is 3.21. The Bertz CT molecular complexity index is 825. The maximum Gasteiger partial charge on any atom is 0.340 e. The van der Waals surface area contributed by atoms with Gasteiger partial charge in [0.25, 0.3) is 0 Å². The molecule has 0 spiro atoms. The van der Waals surface area contributed by atoms with Crippen molar-refractivity contribution in [3.05, 3.63) is 52.6 Å². The van der Waals surface area contributed by atoms with Crippen LogP contribution in [0.1, 0.15) is 18.1 Å². The van der Waals surface area contributed by atoms with Gasteiger partial charge in [-0.2, -0.15) is 5.10 Å². The first-order valence-corrected chi connectivity index (χ1v) is 7.35. The summed E-state index contributed by atoms with van der Waals surface area (Å²) in [6, 6.07) is 7.60. The van der Waals surface area contributed by atoms with Gasteiger partial charge in [0.15, 0.2) is 0 Å². The van der Waals surface area contributed by atoms with Crippen molar-refractivity contribution in [3.8, 4) is 11.4 Å².